The van der Waals surface area contributed by atoms with Crippen LogP contribution in [0.3, 0.4) is 0 Å². The van der Waals surface area contributed by atoms with E-state index in [1.807, 2.05) is 11.8 Å². The number of halogens is 1. The fourth-order valence-electron chi connectivity index (χ4n) is 1.88. The van der Waals surface area contributed by atoms with Gasteiger partial charge in [-0.1, -0.05) is 46.7 Å². The topological polar surface area (TPSA) is 24.4 Å². The van der Waals surface area contributed by atoms with E-state index < -0.39 is 0 Å². The third-order valence-corrected chi connectivity index (χ3v) is 4.28. The van der Waals surface area contributed by atoms with E-state index in [-0.39, 0.29) is 0 Å². The lowest BCUT2D eigenvalue weighted by Gasteiger charge is -2.26. The average molecular weight is 313 g/mol. The fourth-order valence-corrected chi connectivity index (χ4v) is 3.31. The lowest BCUT2D eigenvalue weighted by atomic mass is 10.2. The third kappa shape index (κ3) is 4.03. The first-order valence-corrected chi connectivity index (χ1v) is 7.53. The molecule has 2 unspecified atom stereocenters. The molecule has 1 saturated heterocycles. The zero-order chi connectivity index (χ0) is 12.3. The molecule has 4 heteroatoms. The summed E-state index contributed by atoms with van der Waals surface area (Å²) in [6.07, 6.45) is 1.21. The molecule has 0 saturated carbocycles. The number of aliphatic imine (C=N–C) groups is 1. The van der Waals surface area contributed by atoms with Crippen LogP contribution >= 0.6 is 27.7 Å². The Morgan fingerprint density at radius 3 is 2.71 bits per heavy atom. The molecule has 1 N–H and O–H groups in total. The van der Waals surface area contributed by atoms with E-state index in [1.54, 1.807) is 0 Å². The molecule has 2 nitrogen and oxygen atoms in total. The summed E-state index contributed by atoms with van der Waals surface area (Å²) in [6.45, 7) is 5.23. The molecular weight excluding hydrogens is 296 g/mol. The van der Waals surface area contributed by atoms with Crippen LogP contribution < -0.4 is 5.32 Å². The Morgan fingerprint density at radius 1 is 1.35 bits per heavy atom. The van der Waals surface area contributed by atoms with Crippen LogP contribution in [0.2, 0.25) is 0 Å². The lowest BCUT2D eigenvalue weighted by molar-refractivity contribution is 0.597. The Labute approximate surface area is 115 Å². The van der Waals surface area contributed by atoms with Crippen molar-refractivity contribution in [2.24, 2.45) is 4.99 Å². The Morgan fingerprint density at radius 2 is 2.06 bits per heavy atom. The normalized spacial score (nSPS) is 26.9. The van der Waals surface area contributed by atoms with E-state index in [1.165, 1.54) is 12.0 Å². The number of nitrogens with one attached hydrogen (secondary N) is 1. The molecule has 92 valence electrons. The summed E-state index contributed by atoms with van der Waals surface area (Å²) in [4.78, 5) is 4.64. The summed E-state index contributed by atoms with van der Waals surface area (Å²) in [5.41, 5.74) is 1.24. The molecule has 1 aromatic rings. The average Bonchev–Trinajstić information content (AvgIpc) is 2.27. The molecule has 1 aliphatic rings. The molecule has 2 atom stereocenters. The first-order chi connectivity index (χ1) is 8.13. The summed E-state index contributed by atoms with van der Waals surface area (Å²) >= 11 is 5.28. The highest BCUT2D eigenvalue weighted by Gasteiger charge is 2.19. The summed E-state index contributed by atoms with van der Waals surface area (Å²) < 4.78 is 1.11. The summed E-state index contributed by atoms with van der Waals surface area (Å²) in [5, 5.41) is 5.18. The summed E-state index contributed by atoms with van der Waals surface area (Å²) in [5.74, 6) is 0. The molecule has 0 aliphatic carbocycles. The second-order valence-electron chi connectivity index (χ2n) is 4.46. The predicted octanol–water partition coefficient (Wildman–Crippen LogP) is 3.81. The van der Waals surface area contributed by atoms with E-state index in [9.17, 15) is 0 Å². The zero-order valence-electron chi connectivity index (χ0n) is 10.1. The van der Waals surface area contributed by atoms with Gasteiger partial charge in [-0.3, -0.25) is 4.99 Å². The molecule has 1 aromatic carbocycles. The van der Waals surface area contributed by atoms with E-state index in [0.717, 1.165) is 16.2 Å². The van der Waals surface area contributed by atoms with Gasteiger partial charge in [0.1, 0.15) is 0 Å². The molecule has 2 rings (SSSR count). The van der Waals surface area contributed by atoms with Gasteiger partial charge in [-0.05, 0) is 31.0 Å². The highest BCUT2D eigenvalue weighted by molar-refractivity contribution is 9.10. The van der Waals surface area contributed by atoms with Gasteiger partial charge in [-0.25, -0.2) is 0 Å². The predicted molar refractivity (Wildman–Crippen MR) is 79.5 cm³/mol. The number of rotatable bonds is 2. The van der Waals surface area contributed by atoms with Crippen molar-refractivity contribution in [3.05, 3.63) is 34.3 Å². The molecular formula is C13H17BrN2S. The van der Waals surface area contributed by atoms with Gasteiger partial charge in [0.15, 0.2) is 5.17 Å². The number of benzene rings is 1. The van der Waals surface area contributed by atoms with Gasteiger partial charge in [-0.2, -0.15) is 0 Å². The van der Waals surface area contributed by atoms with Crippen LogP contribution in [0.25, 0.3) is 0 Å². The minimum Gasteiger partial charge on any atom is -0.362 e. The number of amidine groups is 1. The van der Waals surface area contributed by atoms with Crippen molar-refractivity contribution in [1.29, 1.82) is 0 Å². The third-order valence-electron chi connectivity index (χ3n) is 2.69. The quantitative estimate of drug-likeness (QED) is 0.898. The van der Waals surface area contributed by atoms with Gasteiger partial charge in [0, 0.05) is 15.8 Å². The van der Waals surface area contributed by atoms with E-state index in [4.69, 9.17) is 0 Å². The maximum absolute atomic E-state index is 4.64. The second kappa shape index (κ2) is 5.91. The maximum Gasteiger partial charge on any atom is 0.157 e. The number of hydrogen-bond acceptors (Lipinski definition) is 2. The Hall–Kier alpha value is -0.480. The van der Waals surface area contributed by atoms with Crippen LogP contribution in [0.5, 0.6) is 0 Å². The van der Waals surface area contributed by atoms with E-state index in [2.05, 4.69) is 64.4 Å². The van der Waals surface area contributed by atoms with Crippen LogP contribution in [0.4, 0.5) is 0 Å². The first kappa shape index (κ1) is 13.0. The standard InChI is InChI=1S/C13H17BrN2S/c1-9-7-10(2)17-13(16-9)15-8-11-3-5-12(14)6-4-11/h3-6,9-10H,7-8H2,1-2H3,(H,15,16). The monoisotopic (exact) mass is 312 g/mol. The highest BCUT2D eigenvalue weighted by atomic mass is 79.9. The van der Waals surface area contributed by atoms with Crippen molar-refractivity contribution in [1.82, 2.24) is 5.32 Å². The highest BCUT2D eigenvalue weighted by Crippen LogP contribution is 2.22. The van der Waals surface area contributed by atoms with Crippen LogP contribution in [0.1, 0.15) is 25.8 Å². The van der Waals surface area contributed by atoms with E-state index >= 15 is 0 Å². The second-order valence-corrected chi connectivity index (χ2v) is 6.80. The van der Waals surface area contributed by atoms with Crippen molar-refractivity contribution in [2.45, 2.75) is 38.1 Å². The van der Waals surface area contributed by atoms with Crippen LogP contribution in [-0.4, -0.2) is 16.5 Å². The van der Waals surface area contributed by atoms with E-state index in [0.29, 0.717) is 11.3 Å². The van der Waals surface area contributed by atoms with Crippen molar-refractivity contribution >= 4 is 32.9 Å². The number of nitrogens with zero attached hydrogens (tertiary/aromatic N) is 1. The molecule has 1 aliphatic heterocycles. The minimum absolute atomic E-state index is 0.537. The van der Waals surface area contributed by atoms with Gasteiger partial charge in [-0.15, -0.1) is 0 Å². The fraction of sp³-hybridized carbons (Fsp3) is 0.462. The van der Waals surface area contributed by atoms with Crippen molar-refractivity contribution in [2.75, 3.05) is 0 Å². The maximum atomic E-state index is 4.64. The van der Waals surface area contributed by atoms with Crippen molar-refractivity contribution < 1.29 is 0 Å². The smallest absolute Gasteiger partial charge is 0.157 e. The van der Waals surface area contributed by atoms with Gasteiger partial charge in [0.25, 0.3) is 0 Å². The molecule has 17 heavy (non-hydrogen) atoms. The molecule has 0 spiro atoms. The van der Waals surface area contributed by atoms with Gasteiger partial charge in [0.2, 0.25) is 0 Å². The Bertz CT molecular complexity index is 390. The van der Waals surface area contributed by atoms with Gasteiger partial charge in [0.05, 0.1) is 6.54 Å². The molecule has 0 radical (unpaired) electrons. The Kier molecular flexibility index (Phi) is 4.51. The number of thioether (sulfide) groups is 1. The van der Waals surface area contributed by atoms with Crippen molar-refractivity contribution in [3.8, 4) is 0 Å². The lowest BCUT2D eigenvalue weighted by Crippen LogP contribution is -2.38. The Balaban J connectivity index is 1.97. The van der Waals surface area contributed by atoms with Crippen LogP contribution in [0, 0.1) is 0 Å². The summed E-state index contributed by atoms with van der Waals surface area (Å²) in [7, 11) is 0. The first-order valence-electron chi connectivity index (χ1n) is 5.85. The largest absolute Gasteiger partial charge is 0.362 e. The zero-order valence-corrected chi connectivity index (χ0v) is 12.5. The summed E-state index contributed by atoms with van der Waals surface area (Å²) in [6, 6.07) is 8.86. The van der Waals surface area contributed by atoms with Gasteiger partial charge >= 0.3 is 0 Å². The molecule has 0 amide bonds. The van der Waals surface area contributed by atoms with Crippen LogP contribution in [0.15, 0.2) is 33.7 Å². The van der Waals surface area contributed by atoms with Crippen molar-refractivity contribution in [3.63, 3.8) is 0 Å². The van der Waals surface area contributed by atoms with Gasteiger partial charge < -0.3 is 5.32 Å². The molecule has 0 aromatic heterocycles. The van der Waals surface area contributed by atoms with Crippen LogP contribution in [-0.2, 0) is 6.54 Å². The SMILES string of the molecule is CC1CC(C)SC(=NCc2ccc(Br)cc2)N1. The molecule has 1 heterocycles. The molecule has 1 fully saturated rings. The minimum atomic E-state index is 0.537. The molecule has 0 bridgehead atoms. The number of hydrogen-bond donors (Lipinski definition) is 1.